The molecule has 3 nitrogen and oxygen atoms in total. The maximum Gasteiger partial charge on any atom is 0.222 e. The third-order valence-corrected chi connectivity index (χ3v) is 2.41. The van der Waals surface area contributed by atoms with E-state index in [0.717, 1.165) is 5.56 Å². The highest BCUT2D eigenvalue weighted by Crippen LogP contribution is 2.11. The molecule has 1 aromatic rings. The van der Waals surface area contributed by atoms with Gasteiger partial charge in [-0.1, -0.05) is 30.3 Å². The molecule has 0 aromatic heterocycles. The number of carbonyl (C=O) groups excluding carboxylic acids is 2. The van der Waals surface area contributed by atoms with E-state index in [4.69, 9.17) is 11.6 Å². The lowest BCUT2D eigenvalue weighted by molar-refractivity contribution is -0.123. The van der Waals surface area contributed by atoms with Crippen molar-refractivity contribution in [3.8, 4) is 0 Å². The summed E-state index contributed by atoms with van der Waals surface area (Å²) in [6.07, 6.45) is 0.217. The third-order valence-electron chi connectivity index (χ3n) is 2.23. The van der Waals surface area contributed by atoms with Gasteiger partial charge in [-0.2, -0.15) is 0 Å². The van der Waals surface area contributed by atoms with E-state index in [0.29, 0.717) is 0 Å². The number of carbonyl (C=O) groups is 2. The Morgan fingerprint density at radius 1 is 1.25 bits per heavy atom. The molecule has 1 aromatic carbocycles. The molecule has 0 fully saturated rings. The van der Waals surface area contributed by atoms with Crippen LogP contribution in [0.15, 0.2) is 30.3 Å². The molecule has 1 amide bonds. The van der Waals surface area contributed by atoms with E-state index in [9.17, 15) is 9.59 Å². The molecule has 1 N–H and O–H groups in total. The molecule has 0 saturated heterocycles. The second-order valence-corrected chi connectivity index (χ2v) is 3.98. The van der Waals surface area contributed by atoms with Gasteiger partial charge in [0.05, 0.1) is 6.04 Å². The highest BCUT2D eigenvalue weighted by molar-refractivity contribution is 6.63. The van der Waals surface area contributed by atoms with E-state index in [2.05, 4.69) is 5.32 Å². The summed E-state index contributed by atoms with van der Waals surface area (Å²) >= 11 is 5.16. The van der Waals surface area contributed by atoms with Gasteiger partial charge in [0, 0.05) is 12.8 Å². The Balaban J connectivity index is 2.43. The van der Waals surface area contributed by atoms with Crippen molar-refractivity contribution in [3.63, 3.8) is 0 Å². The summed E-state index contributed by atoms with van der Waals surface area (Å²) in [7, 11) is 0. The van der Waals surface area contributed by atoms with E-state index in [1.807, 2.05) is 37.3 Å². The molecule has 0 aliphatic rings. The highest BCUT2D eigenvalue weighted by atomic mass is 35.5. The predicted octanol–water partition coefficient (Wildman–Crippen LogP) is 2.41. The van der Waals surface area contributed by atoms with Crippen molar-refractivity contribution in [2.24, 2.45) is 0 Å². The molecule has 1 rings (SSSR count). The van der Waals surface area contributed by atoms with Crippen LogP contribution in [0.1, 0.15) is 31.4 Å². The number of halogens is 1. The van der Waals surface area contributed by atoms with Gasteiger partial charge in [0.1, 0.15) is 0 Å². The first-order chi connectivity index (χ1) is 7.59. The molecule has 16 heavy (non-hydrogen) atoms. The average Bonchev–Trinajstić information content (AvgIpc) is 2.27. The summed E-state index contributed by atoms with van der Waals surface area (Å²) in [5.41, 5.74) is 1.04. The number of hydrogen-bond donors (Lipinski definition) is 1. The van der Waals surface area contributed by atoms with Gasteiger partial charge in [0.25, 0.3) is 0 Å². The fourth-order valence-electron chi connectivity index (χ4n) is 1.35. The predicted molar refractivity (Wildman–Crippen MR) is 63.1 cm³/mol. The molecule has 0 bridgehead atoms. The van der Waals surface area contributed by atoms with Crippen LogP contribution in [-0.2, 0) is 9.59 Å². The first-order valence-electron chi connectivity index (χ1n) is 5.12. The zero-order valence-electron chi connectivity index (χ0n) is 9.07. The van der Waals surface area contributed by atoms with Crippen LogP contribution >= 0.6 is 11.6 Å². The molecule has 4 heteroatoms. The third kappa shape index (κ3) is 4.45. The van der Waals surface area contributed by atoms with Gasteiger partial charge in [-0.05, 0) is 24.1 Å². The average molecular weight is 240 g/mol. The lowest BCUT2D eigenvalue weighted by atomic mass is 10.1. The smallest absolute Gasteiger partial charge is 0.222 e. The topological polar surface area (TPSA) is 46.2 Å². The molecule has 1 atom stereocenters. The summed E-state index contributed by atoms with van der Waals surface area (Å²) in [5, 5.41) is 2.32. The summed E-state index contributed by atoms with van der Waals surface area (Å²) in [6, 6.07) is 9.58. The molecule has 0 spiro atoms. The number of hydrogen-bond acceptors (Lipinski definition) is 2. The molecular weight excluding hydrogens is 226 g/mol. The minimum absolute atomic E-state index is 0.0564. The van der Waals surface area contributed by atoms with Crippen molar-refractivity contribution in [2.75, 3.05) is 0 Å². The fraction of sp³-hybridized carbons (Fsp3) is 0.333. The summed E-state index contributed by atoms with van der Waals surface area (Å²) in [5.74, 6) is -0.162. The first-order valence-corrected chi connectivity index (χ1v) is 5.50. The molecule has 0 aliphatic carbocycles. The Hall–Kier alpha value is -1.35. The van der Waals surface area contributed by atoms with Gasteiger partial charge in [0.2, 0.25) is 11.1 Å². The van der Waals surface area contributed by atoms with E-state index in [1.54, 1.807) is 0 Å². The lowest BCUT2D eigenvalue weighted by Crippen LogP contribution is -2.26. The summed E-state index contributed by atoms with van der Waals surface area (Å²) in [6.45, 7) is 1.90. The van der Waals surface area contributed by atoms with Crippen LogP contribution in [0.2, 0.25) is 0 Å². The van der Waals surface area contributed by atoms with E-state index >= 15 is 0 Å². The van der Waals surface area contributed by atoms with Crippen molar-refractivity contribution in [1.29, 1.82) is 0 Å². The number of amides is 1. The zero-order valence-corrected chi connectivity index (χ0v) is 9.83. The monoisotopic (exact) mass is 239 g/mol. The van der Waals surface area contributed by atoms with Crippen LogP contribution in [0.4, 0.5) is 0 Å². The Morgan fingerprint density at radius 2 is 1.88 bits per heavy atom. The Morgan fingerprint density at radius 3 is 2.44 bits per heavy atom. The van der Waals surface area contributed by atoms with Crippen molar-refractivity contribution >= 4 is 22.8 Å². The number of rotatable bonds is 5. The van der Waals surface area contributed by atoms with Crippen LogP contribution < -0.4 is 5.32 Å². The van der Waals surface area contributed by atoms with E-state index in [-0.39, 0.29) is 24.8 Å². The maximum atomic E-state index is 11.4. The van der Waals surface area contributed by atoms with Gasteiger partial charge in [-0.15, -0.1) is 0 Å². The fourth-order valence-corrected chi connectivity index (χ4v) is 1.44. The molecule has 86 valence electrons. The molecule has 0 aliphatic heterocycles. The van der Waals surface area contributed by atoms with Crippen molar-refractivity contribution in [2.45, 2.75) is 25.8 Å². The van der Waals surface area contributed by atoms with Crippen LogP contribution in [0.3, 0.4) is 0 Å². The SMILES string of the molecule is CC(NC(=O)CCC(=O)Cl)c1ccccc1. The quantitative estimate of drug-likeness (QED) is 0.802. The van der Waals surface area contributed by atoms with Crippen LogP contribution in [0, 0.1) is 0 Å². The molecule has 0 saturated carbocycles. The van der Waals surface area contributed by atoms with Gasteiger partial charge in [-0.3, -0.25) is 9.59 Å². The number of benzene rings is 1. The zero-order chi connectivity index (χ0) is 12.0. The molecule has 0 radical (unpaired) electrons. The van der Waals surface area contributed by atoms with Gasteiger partial charge in [0.15, 0.2) is 0 Å². The lowest BCUT2D eigenvalue weighted by Gasteiger charge is -2.13. The minimum atomic E-state index is -0.484. The summed E-state index contributed by atoms with van der Waals surface area (Å²) in [4.78, 5) is 21.9. The second kappa shape index (κ2) is 6.28. The van der Waals surface area contributed by atoms with Gasteiger partial charge in [-0.25, -0.2) is 0 Å². The highest BCUT2D eigenvalue weighted by Gasteiger charge is 2.09. The Kier molecular flexibility index (Phi) is 4.99. The number of nitrogens with one attached hydrogen (secondary N) is 1. The molecule has 0 heterocycles. The maximum absolute atomic E-state index is 11.4. The molecular formula is C12H14ClNO2. The van der Waals surface area contributed by atoms with E-state index < -0.39 is 5.24 Å². The molecule has 1 unspecified atom stereocenters. The van der Waals surface area contributed by atoms with Crippen LogP contribution in [0.5, 0.6) is 0 Å². The van der Waals surface area contributed by atoms with Gasteiger partial charge >= 0.3 is 0 Å². The largest absolute Gasteiger partial charge is 0.350 e. The Labute approximate surface area is 99.8 Å². The Bertz CT molecular complexity index is 365. The van der Waals surface area contributed by atoms with Crippen molar-refractivity contribution in [1.82, 2.24) is 5.32 Å². The summed E-state index contributed by atoms with van der Waals surface area (Å²) < 4.78 is 0. The van der Waals surface area contributed by atoms with Gasteiger partial charge < -0.3 is 5.32 Å². The van der Waals surface area contributed by atoms with Crippen LogP contribution in [0.25, 0.3) is 0 Å². The van der Waals surface area contributed by atoms with Crippen molar-refractivity contribution < 1.29 is 9.59 Å². The van der Waals surface area contributed by atoms with Crippen LogP contribution in [-0.4, -0.2) is 11.1 Å². The second-order valence-electron chi connectivity index (χ2n) is 3.56. The van der Waals surface area contributed by atoms with Crippen molar-refractivity contribution in [3.05, 3.63) is 35.9 Å². The first kappa shape index (κ1) is 12.7. The normalized spacial score (nSPS) is 11.9. The standard InChI is InChI=1S/C12H14ClNO2/c1-9(10-5-3-2-4-6-10)14-12(16)8-7-11(13)15/h2-6,9H,7-8H2,1H3,(H,14,16). The van der Waals surface area contributed by atoms with E-state index in [1.165, 1.54) is 0 Å². The minimum Gasteiger partial charge on any atom is -0.350 e.